The Kier molecular flexibility index (Phi) is 19.5. The molecule has 0 bridgehead atoms. The van der Waals surface area contributed by atoms with Crippen LogP contribution in [0.3, 0.4) is 0 Å². The summed E-state index contributed by atoms with van der Waals surface area (Å²) < 4.78 is 49.8. The summed E-state index contributed by atoms with van der Waals surface area (Å²) in [5.41, 5.74) is 3.39. The van der Waals surface area contributed by atoms with Crippen molar-refractivity contribution in [1.29, 1.82) is 0 Å². The monoisotopic (exact) mass is 879 g/mol. The zero-order valence-corrected chi connectivity index (χ0v) is 37.9. The summed E-state index contributed by atoms with van der Waals surface area (Å²) in [6, 6.07) is 13.9. The second kappa shape index (κ2) is 25.0. The first-order chi connectivity index (χ1) is 30.4. The lowest BCUT2D eigenvalue weighted by molar-refractivity contribution is -0.250. The van der Waals surface area contributed by atoms with Crippen LogP contribution in [0.15, 0.2) is 84.5 Å². The fourth-order valence-electron chi connectivity index (χ4n) is 9.30. The van der Waals surface area contributed by atoms with Crippen LogP contribution in [0.2, 0.25) is 0 Å². The summed E-state index contributed by atoms with van der Waals surface area (Å²) in [6.07, 6.45) is 13.8. The molecule has 13 unspecified atom stereocenters. The molecule has 2 aromatic rings. The number of allylic oxidation sites excluding steroid dienone is 3. The highest BCUT2D eigenvalue weighted by Gasteiger charge is 2.35. The molecule has 0 radical (unpaired) electrons. The minimum absolute atomic E-state index is 0.00902. The smallest absolute Gasteiger partial charge is 0.184 e. The number of hydrogen-bond donors (Lipinski definition) is 4. The normalized spacial score (nSPS) is 31.8. The SMILES string of the molecule is C=C(C)/C=C\C(=CC)C1OC(CCCC2CC(C)OC(C)O2)CC(CC(O)CCCC2CC(CCCC(O)CC3CCOC(c4cccc(O)c4)O3)OC(c3cccc(O)c3)O2)O1. The maximum Gasteiger partial charge on any atom is 0.184 e. The van der Waals surface area contributed by atoms with Crippen molar-refractivity contribution in [2.24, 2.45) is 0 Å². The molecule has 12 nitrogen and oxygen atoms in total. The van der Waals surface area contributed by atoms with Gasteiger partial charge in [0.15, 0.2) is 25.2 Å². The number of ether oxygens (including phenoxy) is 8. The number of phenolic OH excluding ortho intramolecular Hbond substituents is 2. The second-order valence-electron chi connectivity index (χ2n) is 18.2. The molecule has 4 fully saturated rings. The van der Waals surface area contributed by atoms with E-state index in [0.717, 1.165) is 73.6 Å². The van der Waals surface area contributed by atoms with Crippen molar-refractivity contribution in [3.8, 4) is 11.5 Å². The van der Waals surface area contributed by atoms with Crippen molar-refractivity contribution in [2.75, 3.05) is 6.61 Å². The highest BCUT2D eigenvalue weighted by Crippen LogP contribution is 2.37. The Balaban J connectivity index is 0.984. The van der Waals surface area contributed by atoms with E-state index in [1.54, 1.807) is 36.4 Å². The average molecular weight is 879 g/mol. The Morgan fingerprint density at radius 3 is 1.81 bits per heavy atom. The molecule has 350 valence electrons. The highest BCUT2D eigenvalue weighted by atomic mass is 16.7. The minimum Gasteiger partial charge on any atom is -0.508 e. The molecule has 63 heavy (non-hydrogen) atoms. The predicted molar refractivity (Wildman–Crippen MR) is 240 cm³/mol. The lowest BCUT2D eigenvalue weighted by Gasteiger charge is -2.38. The Labute approximate surface area is 375 Å². The van der Waals surface area contributed by atoms with Gasteiger partial charge in [0.05, 0.1) is 61.5 Å². The zero-order valence-electron chi connectivity index (χ0n) is 37.9. The van der Waals surface area contributed by atoms with Gasteiger partial charge in [-0.2, -0.15) is 0 Å². The topological polar surface area (TPSA) is 155 Å². The lowest BCUT2D eigenvalue weighted by Crippen LogP contribution is -2.40. The molecule has 12 heteroatoms. The third kappa shape index (κ3) is 16.4. The molecule has 4 N–H and O–H groups in total. The van der Waals surface area contributed by atoms with Crippen LogP contribution in [0.25, 0.3) is 0 Å². The summed E-state index contributed by atoms with van der Waals surface area (Å²) in [5, 5.41) is 42.6. The van der Waals surface area contributed by atoms with E-state index in [-0.39, 0.29) is 60.5 Å². The lowest BCUT2D eigenvalue weighted by atomic mass is 9.95. The Morgan fingerprint density at radius 1 is 0.667 bits per heavy atom. The first-order valence-electron chi connectivity index (χ1n) is 23.5. The molecule has 4 aliphatic heterocycles. The van der Waals surface area contributed by atoms with E-state index in [2.05, 4.69) is 13.5 Å². The third-order valence-corrected chi connectivity index (χ3v) is 12.4. The molecule has 0 spiro atoms. The minimum atomic E-state index is -0.630. The molecule has 4 aliphatic rings. The van der Waals surface area contributed by atoms with Crippen LogP contribution in [0, 0.1) is 0 Å². The van der Waals surface area contributed by atoms with Gasteiger partial charge < -0.3 is 58.3 Å². The fourth-order valence-corrected chi connectivity index (χ4v) is 9.30. The van der Waals surface area contributed by atoms with Crippen molar-refractivity contribution >= 4 is 0 Å². The van der Waals surface area contributed by atoms with E-state index in [4.69, 9.17) is 37.9 Å². The van der Waals surface area contributed by atoms with Crippen LogP contribution in [0.5, 0.6) is 11.5 Å². The van der Waals surface area contributed by atoms with Gasteiger partial charge in [0, 0.05) is 29.5 Å². The first-order valence-corrected chi connectivity index (χ1v) is 23.5. The summed E-state index contributed by atoms with van der Waals surface area (Å²) in [5.74, 6) is 0.309. The maximum atomic E-state index is 11.4. The van der Waals surface area contributed by atoms with E-state index >= 15 is 0 Å². The van der Waals surface area contributed by atoms with Gasteiger partial charge in [0.1, 0.15) is 11.5 Å². The number of benzene rings is 2. The van der Waals surface area contributed by atoms with Gasteiger partial charge in [0.2, 0.25) is 0 Å². The second-order valence-corrected chi connectivity index (χ2v) is 18.2. The molecule has 0 saturated carbocycles. The van der Waals surface area contributed by atoms with Crippen molar-refractivity contribution in [3.05, 3.63) is 95.6 Å². The van der Waals surface area contributed by atoms with Gasteiger partial charge in [-0.15, -0.1) is 0 Å². The van der Waals surface area contributed by atoms with Gasteiger partial charge in [-0.3, -0.25) is 0 Å². The van der Waals surface area contributed by atoms with Gasteiger partial charge in [-0.1, -0.05) is 54.6 Å². The standard InChI is InChI=1S/C51H74O12/c1-6-36(23-22-33(2)3)50-60-46(21-11-20-43-26-34(4)57-35(5)58-43)32-48(63-50)30-42(55)17-10-19-45-31-44(61-51(62-45)38-13-8-15-40(53)28-38)18-9-16-41(54)29-47-24-25-56-49(59-47)37-12-7-14-39(52)27-37/h6-8,12-15,22-23,27-28,34-35,41-55H,2,9-11,16-21,24-26,29-32H2,1,3-5H3/b23-22-,36-6?. The average Bonchev–Trinajstić information content (AvgIpc) is 3.23. The van der Waals surface area contributed by atoms with Crippen LogP contribution in [0.1, 0.15) is 148 Å². The molecule has 2 aromatic carbocycles. The van der Waals surface area contributed by atoms with E-state index in [1.165, 1.54) is 0 Å². The third-order valence-electron chi connectivity index (χ3n) is 12.4. The molecular formula is C51H74O12. The molecule has 0 aliphatic carbocycles. The molecular weight excluding hydrogens is 805 g/mol. The van der Waals surface area contributed by atoms with Crippen LogP contribution >= 0.6 is 0 Å². The number of aliphatic hydroxyl groups excluding tert-OH is 2. The van der Waals surface area contributed by atoms with E-state index in [9.17, 15) is 20.4 Å². The van der Waals surface area contributed by atoms with Crippen LogP contribution in [-0.4, -0.2) is 94.5 Å². The molecule has 4 heterocycles. The molecule has 4 saturated heterocycles. The number of aromatic hydroxyl groups is 2. The number of hydrogen-bond acceptors (Lipinski definition) is 12. The summed E-state index contributed by atoms with van der Waals surface area (Å²) in [6.45, 7) is 12.5. The van der Waals surface area contributed by atoms with Gasteiger partial charge in [-0.05, 0) is 135 Å². The quantitative estimate of drug-likeness (QED) is 0.0883. The van der Waals surface area contributed by atoms with Crippen molar-refractivity contribution in [3.63, 3.8) is 0 Å². The van der Waals surface area contributed by atoms with Crippen LogP contribution < -0.4 is 0 Å². The summed E-state index contributed by atoms with van der Waals surface area (Å²) in [4.78, 5) is 0. The molecule has 13 atom stereocenters. The molecule has 0 aromatic heterocycles. The fraction of sp³-hybridized carbons (Fsp3) is 0.647. The van der Waals surface area contributed by atoms with Crippen LogP contribution in [-0.2, 0) is 37.9 Å². The van der Waals surface area contributed by atoms with E-state index in [0.29, 0.717) is 51.6 Å². The number of rotatable bonds is 21. The van der Waals surface area contributed by atoms with Crippen LogP contribution in [0.4, 0.5) is 0 Å². The Morgan fingerprint density at radius 2 is 1.21 bits per heavy atom. The molecule has 0 amide bonds. The van der Waals surface area contributed by atoms with Gasteiger partial charge >= 0.3 is 0 Å². The maximum absolute atomic E-state index is 11.4. The zero-order chi connectivity index (χ0) is 44.7. The largest absolute Gasteiger partial charge is 0.508 e. The van der Waals surface area contributed by atoms with Crippen molar-refractivity contribution < 1.29 is 58.3 Å². The molecule has 6 rings (SSSR count). The predicted octanol–water partition coefficient (Wildman–Crippen LogP) is 9.91. The van der Waals surface area contributed by atoms with E-state index in [1.807, 2.05) is 51.1 Å². The first kappa shape index (κ1) is 49.3. The summed E-state index contributed by atoms with van der Waals surface area (Å²) in [7, 11) is 0. The summed E-state index contributed by atoms with van der Waals surface area (Å²) >= 11 is 0. The van der Waals surface area contributed by atoms with Crippen molar-refractivity contribution in [1.82, 2.24) is 0 Å². The van der Waals surface area contributed by atoms with E-state index < -0.39 is 31.1 Å². The highest BCUT2D eigenvalue weighted by molar-refractivity contribution is 5.29. The Bertz CT molecular complexity index is 1740. The van der Waals surface area contributed by atoms with Crippen molar-refractivity contribution in [2.45, 2.75) is 204 Å². The van der Waals surface area contributed by atoms with Gasteiger partial charge in [-0.25, -0.2) is 0 Å². The number of aliphatic hydroxyl groups is 2. The number of phenols is 2. The Hall–Kier alpha value is -3.14. The van der Waals surface area contributed by atoms with Gasteiger partial charge in [0.25, 0.3) is 0 Å².